The molecule has 1 aliphatic carbocycles. The van der Waals surface area contributed by atoms with Crippen LogP contribution in [-0.4, -0.2) is 80.8 Å². The zero-order valence-corrected chi connectivity index (χ0v) is 26.4. The molecule has 242 valence electrons. The van der Waals surface area contributed by atoms with Crippen LogP contribution in [-0.2, 0) is 23.7 Å². The van der Waals surface area contributed by atoms with E-state index in [2.05, 4.69) is 17.1 Å². The van der Waals surface area contributed by atoms with Crippen LogP contribution in [0, 0.1) is 0 Å². The van der Waals surface area contributed by atoms with E-state index >= 15 is 0 Å². The molecule has 1 aromatic carbocycles. The summed E-state index contributed by atoms with van der Waals surface area (Å²) in [6.45, 7) is 5.44. The molecule has 0 bridgehead atoms. The summed E-state index contributed by atoms with van der Waals surface area (Å²) in [5.41, 5.74) is 0.642. The quantitative estimate of drug-likeness (QED) is 0.202. The predicted octanol–water partition coefficient (Wildman–Crippen LogP) is 7.03. The molecule has 0 radical (unpaired) electrons. The zero-order valence-electron chi connectivity index (χ0n) is 26.4. The zero-order chi connectivity index (χ0) is 29.9. The van der Waals surface area contributed by atoms with Gasteiger partial charge in [-0.2, -0.15) is 0 Å². The highest BCUT2D eigenvalue weighted by molar-refractivity contribution is 5.84. The summed E-state index contributed by atoms with van der Waals surface area (Å²) >= 11 is 0. The molecule has 0 unspecified atom stereocenters. The van der Waals surface area contributed by atoms with Crippen LogP contribution in [0.5, 0.6) is 5.75 Å². The highest BCUT2D eigenvalue weighted by Gasteiger charge is 2.60. The molecule has 3 heterocycles. The molecule has 9 heteroatoms. The van der Waals surface area contributed by atoms with Crippen molar-refractivity contribution in [2.24, 2.45) is 0 Å². The molecule has 4 fully saturated rings. The Morgan fingerprint density at radius 1 is 0.953 bits per heavy atom. The summed E-state index contributed by atoms with van der Waals surface area (Å²) < 4.78 is 37.8. The minimum Gasteiger partial charge on any atom is -0.497 e. The van der Waals surface area contributed by atoms with E-state index in [-0.39, 0.29) is 12.2 Å². The van der Waals surface area contributed by atoms with Crippen LogP contribution in [0.25, 0.3) is 0 Å². The number of ether oxygens (including phenoxy) is 6. The van der Waals surface area contributed by atoms with Crippen LogP contribution in [0.15, 0.2) is 24.3 Å². The largest absolute Gasteiger partial charge is 0.497 e. The minimum absolute atomic E-state index is 0.327. The SMILES string of the molecule is CCCCCCCCCCO[C@@H]1[C@H]2OC3(CCCCC3)O[C@H]2O[C@@H]1[C@@H](CN1CCCC1)OC(=O)Nc1ccc(OC)cc1. The molecule has 3 aliphatic heterocycles. The van der Waals surface area contributed by atoms with Gasteiger partial charge in [0.2, 0.25) is 0 Å². The highest BCUT2D eigenvalue weighted by atomic mass is 16.8. The maximum Gasteiger partial charge on any atom is 0.412 e. The minimum atomic E-state index is -0.574. The Labute approximate surface area is 258 Å². The van der Waals surface area contributed by atoms with Crippen molar-refractivity contribution >= 4 is 11.8 Å². The average molecular weight is 603 g/mol. The number of likely N-dealkylation sites (tertiary alicyclic amines) is 1. The summed E-state index contributed by atoms with van der Waals surface area (Å²) in [4.78, 5) is 15.5. The van der Waals surface area contributed by atoms with Gasteiger partial charge in [-0.25, -0.2) is 4.79 Å². The number of hydrogen-bond acceptors (Lipinski definition) is 8. The number of fused-ring (bicyclic) bond motifs is 1. The number of hydrogen-bond donors (Lipinski definition) is 1. The number of benzene rings is 1. The summed E-state index contributed by atoms with van der Waals surface area (Å²) in [6, 6.07) is 7.22. The fourth-order valence-corrected chi connectivity index (χ4v) is 7.01. The first-order chi connectivity index (χ1) is 21.1. The summed E-state index contributed by atoms with van der Waals surface area (Å²) in [5.74, 6) is 0.152. The molecule has 1 saturated carbocycles. The molecule has 5 rings (SSSR count). The number of anilines is 1. The average Bonchev–Trinajstić information content (AvgIpc) is 3.73. The molecule has 1 amide bonds. The lowest BCUT2D eigenvalue weighted by Gasteiger charge is -2.36. The Hall–Kier alpha value is -1.91. The van der Waals surface area contributed by atoms with Crippen molar-refractivity contribution in [1.29, 1.82) is 0 Å². The molecule has 43 heavy (non-hydrogen) atoms. The lowest BCUT2D eigenvalue weighted by atomic mass is 9.94. The van der Waals surface area contributed by atoms with E-state index in [4.69, 9.17) is 28.4 Å². The predicted molar refractivity (Wildman–Crippen MR) is 165 cm³/mol. The molecule has 1 aromatic rings. The molecule has 1 N–H and O–H groups in total. The van der Waals surface area contributed by atoms with E-state index in [9.17, 15) is 4.79 Å². The maximum absolute atomic E-state index is 13.2. The second-order valence-electron chi connectivity index (χ2n) is 12.8. The van der Waals surface area contributed by atoms with Crippen LogP contribution in [0.2, 0.25) is 0 Å². The van der Waals surface area contributed by atoms with Crippen LogP contribution < -0.4 is 10.1 Å². The lowest BCUT2D eigenvalue weighted by molar-refractivity contribution is -0.256. The molecule has 0 aromatic heterocycles. The smallest absolute Gasteiger partial charge is 0.412 e. The van der Waals surface area contributed by atoms with Crippen molar-refractivity contribution in [2.45, 2.75) is 140 Å². The fraction of sp³-hybridized carbons (Fsp3) is 0.794. The monoisotopic (exact) mass is 602 g/mol. The van der Waals surface area contributed by atoms with Gasteiger partial charge in [-0.05, 0) is 69.5 Å². The van der Waals surface area contributed by atoms with Crippen molar-refractivity contribution in [1.82, 2.24) is 4.90 Å². The third-order valence-corrected chi connectivity index (χ3v) is 9.41. The summed E-state index contributed by atoms with van der Waals surface area (Å²) in [6.07, 6.45) is 14.7. The molecule has 1 spiro atoms. The van der Waals surface area contributed by atoms with Crippen LogP contribution in [0.3, 0.4) is 0 Å². The number of carbonyl (C=O) groups is 1. The van der Waals surface area contributed by atoms with Crippen molar-refractivity contribution in [2.75, 3.05) is 38.7 Å². The number of unbranched alkanes of at least 4 members (excludes halogenated alkanes) is 7. The number of nitrogens with one attached hydrogen (secondary N) is 1. The van der Waals surface area contributed by atoms with E-state index in [0.29, 0.717) is 18.8 Å². The third-order valence-electron chi connectivity index (χ3n) is 9.41. The van der Waals surface area contributed by atoms with Gasteiger partial charge in [0.25, 0.3) is 0 Å². The van der Waals surface area contributed by atoms with Crippen molar-refractivity contribution in [3.63, 3.8) is 0 Å². The first-order valence-corrected chi connectivity index (χ1v) is 17.1. The van der Waals surface area contributed by atoms with Gasteiger partial charge >= 0.3 is 6.09 Å². The van der Waals surface area contributed by atoms with Crippen molar-refractivity contribution in [3.8, 4) is 5.75 Å². The molecule has 4 aliphatic rings. The topological polar surface area (TPSA) is 87.7 Å². The standard InChI is InChI=1S/C34H54N2O7/c1-3-4-5-6-7-8-9-15-24-39-30-29(41-32-31(30)42-34(43-32)20-11-10-12-21-34)28(25-36-22-13-14-23-36)40-33(37)35-26-16-18-27(38-2)19-17-26/h16-19,28-32H,3-15,20-25H2,1-2H3,(H,35,37)/t28-,29-,30+,31-,32-/m1/s1. The Kier molecular flexibility index (Phi) is 12.4. The molecular weight excluding hydrogens is 548 g/mol. The van der Waals surface area contributed by atoms with Gasteiger partial charge in [0.1, 0.15) is 30.2 Å². The first-order valence-electron chi connectivity index (χ1n) is 17.1. The second kappa shape index (κ2) is 16.4. The number of nitrogens with zero attached hydrogens (tertiary/aromatic N) is 1. The number of rotatable bonds is 16. The van der Waals surface area contributed by atoms with Crippen LogP contribution in [0.1, 0.15) is 103 Å². The normalized spacial score (nSPS) is 27.3. The van der Waals surface area contributed by atoms with E-state index in [1.807, 2.05) is 12.1 Å². The van der Waals surface area contributed by atoms with Gasteiger partial charge in [-0.1, -0.05) is 58.3 Å². The first kappa shape index (κ1) is 32.5. The maximum atomic E-state index is 13.2. The summed E-state index contributed by atoms with van der Waals surface area (Å²) in [7, 11) is 1.62. The Bertz CT molecular complexity index is 964. The van der Waals surface area contributed by atoms with Gasteiger partial charge in [-0.3, -0.25) is 10.2 Å². The van der Waals surface area contributed by atoms with Gasteiger partial charge in [0.05, 0.1) is 7.11 Å². The number of carbonyl (C=O) groups excluding carboxylic acids is 1. The third kappa shape index (κ3) is 9.07. The van der Waals surface area contributed by atoms with Crippen LogP contribution in [0.4, 0.5) is 10.5 Å². The number of methoxy groups -OCH3 is 1. The number of amides is 1. The van der Waals surface area contributed by atoms with Crippen molar-refractivity contribution in [3.05, 3.63) is 24.3 Å². The van der Waals surface area contributed by atoms with E-state index in [1.54, 1.807) is 19.2 Å². The molecule has 5 atom stereocenters. The van der Waals surface area contributed by atoms with Crippen LogP contribution >= 0.6 is 0 Å². The second-order valence-corrected chi connectivity index (χ2v) is 12.8. The molecular formula is C34H54N2O7. The lowest BCUT2D eigenvalue weighted by Crippen LogP contribution is -2.49. The van der Waals surface area contributed by atoms with Gasteiger partial charge in [0.15, 0.2) is 12.1 Å². The van der Waals surface area contributed by atoms with Crippen molar-refractivity contribution < 1.29 is 33.2 Å². The Balaban J connectivity index is 1.23. The van der Waals surface area contributed by atoms with Gasteiger partial charge in [0, 0.05) is 31.7 Å². The summed E-state index contributed by atoms with van der Waals surface area (Å²) in [5, 5.41) is 2.87. The Morgan fingerprint density at radius 3 is 2.35 bits per heavy atom. The van der Waals surface area contributed by atoms with E-state index in [1.165, 1.54) is 44.9 Å². The van der Waals surface area contributed by atoms with E-state index < -0.39 is 30.4 Å². The fourth-order valence-electron chi connectivity index (χ4n) is 7.01. The highest BCUT2D eigenvalue weighted by Crippen LogP contribution is 2.46. The van der Waals surface area contributed by atoms with Gasteiger partial charge in [-0.15, -0.1) is 0 Å². The Morgan fingerprint density at radius 2 is 1.65 bits per heavy atom. The molecule has 3 saturated heterocycles. The van der Waals surface area contributed by atoms with Gasteiger partial charge < -0.3 is 28.4 Å². The molecule has 9 nitrogen and oxygen atoms in total. The van der Waals surface area contributed by atoms with E-state index in [0.717, 1.165) is 70.2 Å².